The molecule has 0 saturated heterocycles. The Morgan fingerprint density at radius 1 is 1.09 bits per heavy atom. The fourth-order valence-corrected chi connectivity index (χ4v) is 5.15. The summed E-state index contributed by atoms with van der Waals surface area (Å²) in [6.07, 6.45) is 1.75. The van der Waals surface area contributed by atoms with Crippen LogP contribution in [0.1, 0.15) is 35.6 Å². The number of aromatic hydroxyl groups is 1. The van der Waals surface area contributed by atoms with Crippen LogP contribution in [0, 0.1) is 13.8 Å². The predicted molar refractivity (Wildman–Crippen MR) is 135 cm³/mol. The monoisotopic (exact) mass is 485 g/mol. The minimum atomic E-state index is -0.758. The van der Waals surface area contributed by atoms with Crippen LogP contribution in [0.4, 0.5) is 5.69 Å². The van der Waals surface area contributed by atoms with Gasteiger partial charge in [-0.3, -0.25) is 14.2 Å². The maximum absolute atomic E-state index is 13.6. The molecule has 0 fully saturated rings. The van der Waals surface area contributed by atoms with Crippen molar-refractivity contribution in [1.29, 1.82) is 0 Å². The van der Waals surface area contributed by atoms with Crippen molar-refractivity contribution >= 4 is 29.0 Å². The molecular formula is C27H23N3O4S. The molecule has 0 spiro atoms. The molecule has 1 aliphatic rings. The Morgan fingerprint density at radius 2 is 1.83 bits per heavy atom. The number of rotatable bonds is 4. The molecule has 2 aromatic heterocycles. The number of hydrogen-bond donors (Lipinski definition) is 2. The highest BCUT2D eigenvalue weighted by Crippen LogP contribution is 2.32. The van der Waals surface area contributed by atoms with Crippen LogP contribution >= 0.6 is 11.3 Å². The lowest BCUT2D eigenvalue weighted by atomic mass is 10.00. The van der Waals surface area contributed by atoms with E-state index in [-0.39, 0.29) is 17.2 Å². The molecule has 4 aromatic rings. The van der Waals surface area contributed by atoms with Gasteiger partial charge in [-0.1, -0.05) is 41.7 Å². The smallest absolute Gasteiger partial charge is 0.271 e. The first-order valence-corrected chi connectivity index (χ1v) is 11.9. The summed E-state index contributed by atoms with van der Waals surface area (Å²) in [6, 6.07) is 16.9. The van der Waals surface area contributed by atoms with Gasteiger partial charge in [0.25, 0.3) is 11.5 Å². The fraction of sp³-hybridized carbons (Fsp3) is 0.148. The molecule has 1 unspecified atom stereocenters. The number of para-hydroxylation sites is 1. The Labute approximate surface area is 205 Å². The molecule has 176 valence electrons. The number of nitrogens with zero attached hydrogens (tertiary/aromatic N) is 2. The van der Waals surface area contributed by atoms with Crippen molar-refractivity contribution in [3.8, 4) is 5.75 Å². The third kappa shape index (κ3) is 4.24. The first-order chi connectivity index (χ1) is 16.8. The first kappa shape index (κ1) is 22.6. The molecule has 5 rings (SSSR count). The van der Waals surface area contributed by atoms with E-state index in [2.05, 4.69) is 10.3 Å². The van der Waals surface area contributed by atoms with E-state index in [4.69, 9.17) is 4.42 Å². The molecule has 3 heterocycles. The van der Waals surface area contributed by atoms with E-state index >= 15 is 0 Å². The number of carbonyl (C=O) groups excluding carboxylic acids is 1. The summed E-state index contributed by atoms with van der Waals surface area (Å²) in [7, 11) is 0. The van der Waals surface area contributed by atoms with Crippen molar-refractivity contribution in [2.75, 3.05) is 5.32 Å². The number of allylic oxidation sites excluding steroid dienone is 1. The van der Waals surface area contributed by atoms with Crippen LogP contribution in [0.3, 0.4) is 0 Å². The average molecular weight is 486 g/mol. The number of aromatic nitrogens is 1. The summed E-state index contributed by atoms with van der Waals surface area (Å²) in [5, 5.41) is 12.5. The molecule has 8 heteroatoms. The Morgan fingerprint density at radius 3 is 2.51 bits per heavy atom. The van der Waals surface area contributed by atoms with Gasteiger partial charge in [-0.25, -0.2) is 4.99 Å². The summed E-state index contributed by atoms with van der Waals surface area (Å²) in [5.41, 5.74) is 2.99. The van der Waals surface area contributed by atoms with Crippen LogP contribution in [0.2, 0.25) is 0 Å². The van der Waals surface area contributed by atoms with Crippen molar-refractivity contribution < 1.29 is 14.3 Å². The van der Waals surface area contributed by atoms with Crippen LogP contribution in [0.15, 0.2) is 86.1 Å². The summed E-state index contributed by atoms with van der Waals surface area (Å²) in [5.74, 6) is 0.979. The minimum Gasteiger partial charge on any atom is -0.508 e. The summed E-state index contributed by atoms with van der Waals surface area (Å²) in [6.45, 7) is 5.51. The van der Waals surface area contributed by atoms with Gasteiger partial charge in [-0.15, -0.1) is 0 Å². The molecule has 1 atom stereocenters. The lowest BCUT2D eigenvalue weighted by Gasteiger charge is -2.23. The Hall–Kier alpha value is -4.17. The van der Waals surface area contributed by atoms with Crippen molar-refractivity contribution in [3.05, 3.63) is 114 Å². The summed E-state index contributed by atoms with van der Waals surface area (Å²) >= 11 is 1.25. The third-order valence-corrected chi connectivity index (χ3v) is 6.86. The number of anilines is 1. The number of phenolic OH excluding ortho intramolecular Hbond substituents is 1. The topological polar surface area (TPSA) is 96.8 Å². The van der Waals surface area contributed by atoms with Gasteiger partial charge in [-0.2, -0.15) is 0 Å². The predicted octanol–water partition coefficient (Wildman–Crippen LogP) is 3.79. The van der Waals surface area contributed by atoms with Crippen LogP contribution in [-0.2, 0) is 4.79 Å². The molecule has 0 saturated carbocycles. The van der Waals surface area contributed by atoms with Gasteiger partial charge in [0.05, 0.1) is 15.8 Å². The maximum atomic E-state index is 13.6. The van der Waals surface area contributed by atoms with E-state index in [0.29, 0.717) is 37.8 Å². The number of carbonyl (C=O) groups is 1. The van der Waals surface area contributed by atoms with Gasteiger partial charge in [0.15, 0.2) is 4.80 Å². The zero-order valence-electron chi connectivity index (χ0n) is 19.4. The highest BCUT2D eigenvalue weighted by atomic mass is 32.1. The van der Waals surface area contributed by atoms with E-state index < -0.39 is 6.04 Å². The van der Waals surface area contributed by atoms with Gasteiger partial charge in [0, 0.05) is 5.69 Å². The number of furan rings is 1. The second kappa shape index (κ2) is 8.88. The average Bonchev–Trinajstić information content (AvgIpc) is 3.39. The standard InChI is InChI=1S/C27H23N3O4S/c1-15-6-4-5-7-20(15)29-25(32)23-17(3)28-27-30(24(23)21-13-8-16(2)34-21)26(33)22(35-27)14-18-9-11-19(31)12-10-18/h4-14,24,31H,1-3H3,(H,29,32). The second-order valence-corrected chi connectivity index (χ2v) is 9.40. The zero-order chi connectivity index (χ0) is 24.7. The van der Waals surface area contributed by atoms with Crippen LogP contribution in [0.5, 0.6) is 5.75 Å². The normalized spacial score (nSPS) is 15.6. The Balaban J connectivity index is 1.66. The van der Waals surface area contributed by atoms with E-state index in [0.717, 1.165) is 11.1 Å². The number of hydrogen-bond acceptors (Lipinski definition) is 6. The lowest BCUT2D eigenvalue weighted by molar-refractivity contribution is -0.113. The van der Waals surface area contributed by atoms with E-state index in [1.165, 1.54) is 15.9 Å². The number of amides is 1. The highest BCUT2D eigenvalue weighted by molar-refractivity contribution is 7.07. The molecule has 2 aromatic carbocycles. The van der Waals surface area contributed by atoms with Gasteiger partial charge in [-0.05, 0) is 68.3 Å². The SMILES string of the molecule is CC1=C(C(=O)Nc2ccccc2C)C(c2ccc(C)o2)n2c(sc(=Cc3ccc(O)cc3)c2=O)=N1. The number of fused-ring (bicyclic) bond motifs is 1. The third-order valence-electron chi connectivity index (χ3n) is 5.88. The van der Waals surface area contributed by atoms with Crippen LogP contribution in [0.25, 0.3) is 6.08 Å². The zero-order valence-corrected chi connectivity index (χ0v) is 20.2. The number of nitrogens with one attached hydrogen (secondary N) is 1. The number of thiazole rings is 1. The molecular weight excluding hydrogens is 462 g/mol. The largest absolute Gasteiger partial charge is 0.508 e. The summed E-state index contributed by atoms with van der Waals surface area (Å²) in [4.78, 5) is 32.3. The number of phenols is 1. The van der Waals surface area contributed by atoms with E-state index in [1.54, 1.807) is 43.3 Å². The molecule has 1 aliphatic heterocycles. The first-order valence-electron chi connectivity index (χ1n) is 11.1. The Kier molecular flexibility index (Phi) is 5.74. The molecule has 7 nitrogen and oxygen atoms in total. The van der Waals surface area contributed by atoms with E-state index in [1.807, 2.05) is 44.2 Å². The van der Waals surface area contributed by atoms with Crippen LogP contribution in [-0.4, -0.2) is 15.6 Å². The molecule has 0 bridgehead atoms. The molecule has 0 radical (unpaired) electrons. The minimum absolute atomic E-state index is 0.150. The van der Waals surface area contributed by atoms with Crippen molar-refractivity contribution in [2.24, 2.45) is 4.99 Å². The number of benzene rings is 2. The van der Waals surface area contributed by atoms with Gasteiger partial charge in [0.2, 0.25) is 0 Å². The van der Waals surface area contributed by atoms with Gasteiger partial charge < -0.3 is 14.8 Å². The second-order valence-electron chi connectivity index (χ2n) is 8.39. The number of aryl methyl sites for hydroxylation is 2. The Bertz CT molecular complexity index is 1660. The van der Waals surface area contributed by atoms with Crippen molar-refractivity contribution in [2.45, 2.75) is 26.8 Å². The van der Waals surface area contributed by atoms with E-state index in [9.17, 15) is 14.7 Å². The quantitative estimate of drug-likeness (QED) is 0.460. The maximum Gasteiger partial charge on any atom is 0.271 e. The van der Waals surface area contributed by atoms with Crippen molar-refractivity contribution in [1.82, 2.24) is 4.57 Å². The highest BCUT2D eigenvalue weighted by Gasteiger charge is 2.34. The molecule has 2 N–H and O–H groups in total. The van der Waals surface area contributed by atoms with Crippen LogP contribution < -0.4 is 20.2 Å². The molecule has 1 amide bonds. The summed E-state index contributed by atoms with van der Waals surface area (Å²) < 4.78 is 7.92. The van der Waals surface area contributed by atoms with Gasteiger partial charge >= 0.3 is 0 Å². The molecule has 0 aliphatic carbocycles. The molecule has 35 heavy (non-hydrogen) atoms. The fourth-order valence-electron chi connectivity index (χ4n) is 4.11. The lowest BCUT2D eigenvalue weighted by Crippen LogP contribution is -2.40. The van der Waals surface area contributed by atoms with Gasteiger partial charge in [0.1, 0.15) is 23.3 Å². The van der Waals surface area contributed by atoms with Crippen molar-refractivity contribution in [3.63, 3.8) is 0 Å².